The Hall–Kier alpha value is -1.39. The number of nitrogens with two attached hydrogens (primary N) is 1. The van der Waals surface area contributed by atoms with Gasteiger partial charge in [-0.2, -0.15) is 5.10 Å². The summed E-state index contributed by atoms with van der Waals surface area (Å²) in [5.74, 6) is -0.249. The van der Waals surface area contributed by atoms with Crippen molar-refractivity contribution in [2.24, 2.45) is 11.1 Å². The second-order valence-corrected chi connectivity index (χ2v) is 6.09. The molecule has 108 valence electrons. The van der Waals surface area contributed by atoms with Crippen molar-refractivity contribution >= 4 is 12.4 Å². The molecular weight excluding hydrogens is 277 g/mol. The Morgan fingerprint density at radius 1 is 1.40 bits per heavy atom. The molecule has 0 amide bonds. The van der Waals surface area contributed by atoms with E-state index >= 15 is 0 Å². The van der Waals surface area contributed by atoms with Crippen LogP contribution in [0.15, 0.2) is 30.5 Å². The van der Waals surface area contributed by atoms with E-state index in [-0.39, 0.29) is 29.7 Å². The summed E-state index contributed by atoms with van der Waals surface area (Å²) in [5, 5.41) is 4.40. The SMILES string of the molecule is CC1(C)Cc2c(cnn2-c2cccc(F)c2)C(N)C1.Cl. The lowest BCUT2D eigenvalue weighted by atomic mass is 9.74. The van der Waals surface area contributed by atoms with Crippen LogP contribution in [0.25, 0.3) is 5.69 Å². The molecule has 0 aliphatic heterocycles. The van der Waals surface area contributed by atoms with E-state index in [1.165, 1.54) is 12.1 Å². The third-order valence-electron chi connectivity index (χ3n) is 3.77. The van der Waals surface area contributed by atoms with Crippen LogP contribution in [0.1, 0.15) is 37.6 Å². The van der Waals surface area contributed by atoms with Crippen molar-refractivity contribution in [3.63, 3.8) is 0 Å². The van der Waals surface area contributed by atoms with Crippen LogP contribution in [0.3, 0.4) is 0 Å². The van der Waals surface area contributed by atoms with Crippen LogP contribution in [0.4, 0.5) is 4.39 Å². The van der Waals surface area contributed by atoms with E-state index in [9.17, 15) is 4.39 Å². The molecule has 0 saturated carbocycles. The molecule has 2 N–H and O–H groups in total. The van der Waals surface area contributed by atoms with Gasteiger partial charge in [-0.3, -0.25) is 0 Å². The Morgan fingerprint density at radius 3 is 2.85 bits per heavy atom. The lowest BCUT2D eigenvalue weighted by Crippen LogP contribution is -2.30. The average molecular weight is 296 g/mol. The fraction of sp³-hybridized carbons (Fsp3) is 0.400. The summed E-state index contributed by atoms with van der Waals surface area (Å²) in [6.07, 6.45) is 3.68. The summed E-state index contributed by atoms with van der Waals surface area (Å²) < 4.78 is 15.2. The van der Waals surface area contributed by atoms with Crippen LogP contribution in [0.2, 0.25) is 0 Å². The first-order valence-electron chi connectivity index (χ1n) is 6.55. The highest BCUT2D eigenvalue weighted by molar-refractivity contribution is 5.85. The molecule has 20 heavy (non-hydrogen) atoms. The van der Waals surface area contributed by atoms with Gasteiger partial charge in [0.25, 0.3) is 0 Å². The first-order valence-corrected chi connectivity index (χ1v) is 6.55. The maximum atomic E-state index is 13.4. The maximum Gasteiger partial charge on any atom is 0.125 e. The van der Waals surface area contributed by atoms with E-state index in [1.54, 1.807) is 6.07 Å². The molecule has 1 atom stereocenters. The van der Waals surface area contributed by atoms with Crippen molar-refractivity contribution in [2.45, 2.75) is 32.7 Å². The first kappa shape index (κ1) is 15.0. The van der Waals surface area contributed by atoms with Gasteiger partial charge in [-0.25, -0.2) is 9.07 Å². The van der Waals surface area contributed by atoms with E-state index in [4.69, 9.17) is 5.73 Å². The highest BCUT2D eigenvalue weighted by atomic mass is 35.5. The highest BCUT2D eigenvalue weighted by Gasteiger charge is 2.33. The molecule has 3 rings (SSSR count). The molecule has 0 radical (unpaired) electrons. The number of hydrogen-bond donors (Lipinski definition) is 1. The Labute approximate surface area is 124 Å². The summed E-state index contributed by atoms with van der Waals surface area (Å²) in [7, 11) is 0. The summed E-state index contributed by atoms with van der Waals surface area (Å²) >= 11 is 0. The van der Waals surface area contributed by atoms with Crippen molar-refractivity contribution in [3.8, 4) is 5.69 Å². The van der Waals surface area contributed by atoms with Gasteiger partial charge in [-0.1, -0.05) is 19.9 Å². The zero-order chi connectivity index (χ0) is 13.6. The van der Waals surface area contributed by atoms with Gasteiger partial charge in [0, 0.05) is 17.3 Å². The predicted molar refractivity (Wildman–Crippen MR) is 79.8 cm³/mol. The Morgan fingerprint density at radius 2 is 2.15 bits per heavy atom. The van der Waals surface area contributed by atoms with E-state index in [1.807, 2.05) is 16.9 Å². The highest BCUT2D eigenvalue weighted by Crippen LogP contribution is 2.40. The molecule has 1 unspecified atom stereocenters. The van der Waals surface area contributed by atoms with Crippen LogP contribution in [-0.4, -0.2) is 9.78 Å². The van der Waals surface area contributed by atoms with Crippen molar-refractivity contribution in [3.05, 3.63) is 47.5 Å². The minimum atomic E-state index is -0.249. The van der Waals surface area contributed by atoms with Crippen molar-refractivity contribution in [1.82, 2.24) is 9.78 Å². The molecule has 3 nitrogen and oxygen atoms in total. The lowest BCUT2D eigenvalue weighted by Gasteiger charge is -2.33. The molecule has 1 aliphatic rings. The lowest BCUT2D eigenvalue weighted by molar-refractivity contribution is 0.278. The third kappa shape index (κ3) is 2.58. The Kier molecular flexibility index (Phi) is 3.89. The van der Waals surface area contributed by atoms with E-state index < -0.39 is 0 Å². The minimum absolute atomic E-state index is 0. The fourth-order valence-corrected chi connectivity index (χ4v) is 2.93. The summed E-state index contributed by atoms with van der Waals surface area (Å²) in [5.41, 5.74) is 9.31. The largest absolute Gasteiger partial charge is 0.324 e. The number of rotatable bonds is 1. The summed E-state index contributed by atoms with van der Waals surface area (Å²) in [4.78, 5) is 0. The van der Waals surface area contributed by atoms with E-state index in [2.05, 4.69) is 18.9 Å². The molecule has 1 aromatic heterocycles. The second-order valence-electron chi connectivity index (χ2n) is 6.09. The van der Waals surface area contributed by atoms with Crippen molar-refractivity contribution < 1.29 is 4.39 Å². The van der Waals surface area contributed by atoms with Crippen LogP contribution in [0, 0.1) is 11.2 Å². The molecule has 0 bridgehead atoms. The quantitative estimate of drug-likeness (QED) is 0.876. The minimum Gasteiger partial charge on any atom is -0.324 e. The molecule has 0 fully saturated rings. The summed E-state index contributed by atoms with van der Waals surface area (Å²) in [6.45, 7) is 4.41. The van der Waals surface area contributed by atoms with Crippen LogP contribution in [0.5, 0.6) is 0 Å². The van der Waals surface area contributed by atoms with Crippen molar-refractivity contribution in [1.29, 1.82) is 0 Å². The summed E-state index contributed by atoms with van der Waals surface area (Å²) in [6, 6.07) is 6.52. The smallest absolute Gasteiger partial charge is 0.125 e. The number of aromatic nitrogens is 2. The molecule has 1 heterocycles. The molecular formula is C15H19ClFN3. The fourth-order valence-electron chi connectivity index (χ4n) is 2.93. The van der Waals surface area contributed by atoms with Crippen LogP contribution >= 0.6 is 12.4 Å². The zero-order valence-electron chi connectivity index (χ0n) is 11.6. The standard InChI is InChI=1S/C15H18FN3.ClH/c1-15(2)7-13(17)12-9-18-19(14(12)8-15)11-5-3-4-10(16)6-11;/h3-6,9,13H,7-8,17H2,1-2H3;1H. The molecule has 1 aromatic carbocycles. The number of hydrogen-bond acceptors (Lipinski definition) is 2. The number of fused-ring (bicyclic) bond motifs is 1. The third-order valence-corrected chi connectivity index (χ3v) is 3.77. The first-order chi connectivity index (χ1) is 8.96. The Balaban J connectivity index is 0.00000147. The monoisotopic (exact) mass is 295 g/mol. The van der Waals surface area contributed by atoms with Gasteiger partial charge in [0.2, 0.25) is 0 Å². The molecule has 2 aromatic rings. The maximum absolute atomic E-state index is 13.4. The number of halogens is 2. The van der Waals surface area contributed by atoms with Gasteiger partial charge in [0.15, 0.2) is 0 Å². The second kappa shape index (κ2) is 5.19. The van der Waals surface area contributed by atoms with Gasteiger partial charge in [0.1, 0.15) is 5.82 Å². The number of benzene rings is 1. The van der Waals surface area contributed by atoms with Gasteiger partial charge in [0.05, 0.1) is 11.9 Å². The molecule has 5 heteroatoms. The molecule has 0 spiro atoms. The average Bonchev–Trinajstić information content (AvgIpc) is 2.71. The topological polar surface area (TPSA) is 43.8 Å². The van der Waals surface area contributed by atoms with Crippen molar-refractivity contribution in [2.75, 3.05) is 0 Å². The van der Waals surface area contributed by atoms with Crippen LogP contribution in [-0.2, 0) is 6.42 Å². The van der Waals surface area contributed by atoms with Gasteiger partial charge in [-0.05, 0) is 36.5 Å². The Bertz CT molecular complexity index is 621. The normalized spacial score (nSPS) is 20.1. The number of nitrogens with zero attached hydrogens (tertiary/aromatic N) is 2. The van der Waals surface area contributed by atoms with Gasteiger partial charge >= 0.3 is 0 Å². The van der Waals surface area contributed by atoms with E-state index in [0.29, 0.717) is 0 Å². The molecule has 1 aliphatic carbocycles. The van der Waals surface area contributed by atoms with E-state index in [0.717, 1.165) is 29.8 Å². The molecule has 0 saturated heterocycles. The van der Waals surface area contributed by atoms with Crippen LogP contribution < -0.4 is 5.73 Å². The van der Waals surface area contributed by atoms with Gasteiger partial charge < -0.3 is 5.73 Å². The zero-order valence-corrected chi connectivity index (χ0v) is 12.5. The van der Waals surface area contributed by atoms with Gasteiger partial charge in [-0.15, -0.1) is 12.4 Å². The predicted octanol–water partition coefficient (Wildman–Crippen LogP) is 3.41.